The SMILES string of the molecule is CCCCCC1CC[SiH](CCCCc2ccc(F)c(F)c2)CC1. The largest absolute Gasteiger partial charge is 0.204 e. The molecule has 0 unspecified atom stereocenters. The molecule has 1 aromatic carbocycles. The van der Waals surface area contributed by atoms with Crippen molar-refractivity contribution in [3.63, 3.8) is 0 Å². The standard InChI is InChI=1S/C20H32F2Si/c1-2-3-4-7-17-11-14-23(15-12-17)13-6-5-8-18-9-10-19(21)20(22)16-18/h9-10,16-17,23H,2-8,11-15H2,1H3. The number of rotatable bonds is 9. The Hall–Kier alpha value is -0.703. The first kappa shape index (κ1) is 18.6. The molecule has 0 radical (unpaired) electrons. The van der Waals surface area contributed by atoms with E-state index in [9.17, 15) is 8.78 Å². The van der Waals surface area contributed by atoms with Gasteiger partial charge in [0.15, 0.2) is 11.6 Å². The highest BCUT2D eigenvalue weighted by atomic mass is 28.3. The van der Waals surface area contributed by atoms with Crippen LogP contribution in [0.25, 0.3) is 0 Å². The van der Waals surface area contributed by atoms with Crippen molar-refractivity contribution in [2.24, 2.45) is 5.92 Å². The summed E-state index contributed by atoms with van der Waals surface area (Å²) in [6.07, 6.45) is 11.9. The van der Waals surface area contributed by atoms with E-state index in [0.29, 0.717) is 0 Å². The van der Waals surface area contributed by atoms with Gasteiger partial charge in [-0.05, 0) is 36.5 Å². The molecule has 0 saturated carbocycles. The number of hydrogen-bond acceptors (Lipinski definition) is 0. The van der Waals surface area contributed by atoms with Crippen LogP contribution in [0.1, 0.15) is 63.9 Å². The summed E-state index contributed by atoms with van der Waals surface area (Å²) >= 11 is 0. The number of hydrogen-bond donors (Lipinski definition) is 0. The van der Waals surface area contributed by atoms with Gasteiger partial charge in [-0.1, -0.05) is 76.1 Å². The first-order valence-corrected chi connectivity index (χ1v) is 12.1. The molecule has 1 fully saturated rings. The Balaban J connectivity index is 1.56. The van der Waals surface area contributed by atoms with Crippen LogP contribution in [0, 0.1) is 17.6 Å². The number of halogens is 2. The molecule has 0 nitrogen and oxygen atoms in total. The van der Waals surface area contributed by atoms with Crippen LogP contribution in [0.4, 0.5) is 8.78 Å². The molecule has 2 rings (SSSR count). The zero-order valence-corrected chi connectivity index (χ0v) is 15.8. The molecule has 1 aromatic rings. The predicted molar refractivity (Wildman–Crippen MR) is 97.7 cm³/mol. The zero-order chi connectivity index (χ0) is 16.5. The average Bonchev–Trinajstić information content (AvgIpc) is 2.56. The van der Waals surface area contributed by atoms with Gasteiger partial charge in [0.1, 0.15) is 0 Å². The van der Waals surface area contributed by atoms with Gasteiger partial charge in [-0.25, -0.2) is 8.78 Å². The molecule has 1 heterocycles. The fourth-order valence-corrected chi connectivity index (χ4v) is 7.57. The lowest BCUT2D eigenvalue weighted by molar-refractivity contribution is 0.416. The minimum absolute atomic E-state index is 0.483. The van der Waals surface area contributed by atoms with E-state index in [4.69, 9.17) is 0 Å². The molecule has 1 aliphatic heterocycles. The smallest absolute Gasteiger partial charge is 0.159 e. The van der Waals surface area contributed by atoms with Crippen molar-refractivity contribution in [1.29, 1.82) is 0 Å². The summed E-state index contributed by atoms with van der Waals surface area (Å²) < 4.78 is 26.0. The molecular formula is C20H32F2Si. The average molecular weight is 339 g/mol. The summed E-state index contributed by atoms with van der Waals surface area (Å²) in [5, 5.41) is 0. The second-order valence-corrected chi connectivity index (χ2v) is 10.8. The van der Waals surface area contributed by atoms with Gasteiger partial charge in [0.05, 0.1) is 0 Å². The lowest BCUT2D eigenvalue weighted by Crippen LogP contribution is -2.21. The van der Waals surface area contributed by atoms with Crippen LogP contribution >= 0.6 is 0 Å². The van der Waals surface area contributed by atoms with Gasteiger partial charge in [0, 0.05) is 8.80 Å². The van der Waals surface area contributed by atoms with Gasteiger partial charge in [-0.3, -0.25) is 0 Å². The first-order chi connectivity index (χ1) is 11.2. The van der Waals surface area contributed by atoms with E-state index in [-0.39, 0.29) is 0 Å². The lowest BCUT2D eigenvalue weighted by atomic mass is 9.96. The van der Waals surface area contributed by atoms with E-state index < -0.39 is 20.4 Å². The summed E-state index contributed by atoms with van der Waals surface area (Å²) in [6.45, 7) is 2.28. The zero-order valence-electron chi connectivity index (χ0n) is 14.6. The van der Waals surface area contributed by atoms with Gasteiger partial charge >= 0.3 is 0 Å². The Labute approximate surface area is 142 Å². The maximum absolute atomic E-state index is 13.2. The van der Waals surface area contributed by atoms with Crippen molar-refractivity contribution in [1.82, 2.24) is 0 Å². The topological polar surface area (TPSA) is 0 Å². The van der Waals surface area contributed by atoms with Crippen molar-refractivity contribution in [2.75, 3.05) is 0 Å². The number of unbranched alkanes of at least 4 members (excludes halogenated alkanes) is 3. The van der Waals surface area contributed by atoms with Crippen LogP contribution in [0.2, 0.25) is 18.1 Å². The Morgan fingerprint density at radius 1 is 1.00 bits per heavy atom. The summed E-state index contributed by atoms with van der Waals surface area (Å²) in [5.41, 5.74) is 0.935. The van der Waals surface area contributed by atoms with Crippen LogP contribution in [0.5, 0.6) is 0 Å². The van der Waals surface area contributed by atoms with Crippen LogP contribution in [-0.2, 0) is 6.42 Å². The minimum Gasteiger partial charge on any atom is -0.204 e. The first-order valence-electron chi connectivity index (χ1n) is 9.63. The van der Waals surface area contributed by atoms with Crippen LogP contribution in [0.15, 0.2) is 18.2 Å². The highest BCUT2D eigenvalue weighted by molar-refractivity contribution is 6.58. The third-order valence-corrected chi connectivity index (χ3v) is 9.02. The van der Waals surface area contributed by atoms with E-state index >= 15 is 0 Å². The number of aryl methyl sites for hydroxylation is 1. The molecule has 3 heteroatoms. The second kappa shape index (κ2) is 10.2. The van der Waals surface area contributed by atoms with Gasteiger partial charge in [-0.2, -0.15) is 0 Å². The molecule has 23 heavy (non-hydrogen) atoms. The highest BCUT2D eigenvalue weighted by Crippen LogP contribution is 2.31. The van der Waals surface area contributed by atoms with E-state index in [1.54, 1.807) is 18.2 Å². The van der Waals surface area contributed by atoms with Crippen molar-refractivity contribution in [3.8, 4) is 0 Å². The summed E-state index contributed by atoms with van der Waals surface area (Å²) in [7, 11) is -0.483. The van der Waals surface area contributed by atoms with Crippen LogP contribution in [0.3, 0.4) is 0 Å². The Kier molecular flexibility index (Phi) is 8.28. The van der Waals surface area contributed by atoms with E-state index in [2.05, 4.69) is 6.92 Å². The molecule has 130 valence electrons. The maximum atomic E-state index is 13.2. The lowest BCUT2D eigenvalue weighted by Gasteiger charge is -2.27. The molecule has 0 bridgehead atoms. The third kappa shape index (κ3) is 6.74. The molecule has 1 saturated heterocycles. The Morgan fingerprint density at radius 2 is 1.78 bits per heavy atom. The van der Waals surface area contributed by atoms with Gasteiger partial charge in [0.2, 0.25) is 0 Å². The molecule has 1 aliphatic rings. The van der Waals surface area contributed by atoms with Crippen molar-refractivity contribution in [3.05, 3.63) is 35.4 Å². The van der Waals surface area contributed by atoms with Crippen LogP contribution < -0.4 is 0 Å². The molecular weight excluding hydrogens is 306 g/mol. The van der Waals surface area contributed by atoms with Gasteiger partial charge in [-0.15, -0.1) is 0 Å². The van der Waals surface area contributed by atoms with E-state index in [1.165, 1.54) is 63.1 Å². The van der Waals surface area contributed by atoms with Crippen molar-refractivity contribution < 1.29 is 8.78 Å². The summed E-state index contributed by atoms with van der Waals surface area (Å²) in [6, 6.07) is 8.86. The predicted octanol–water partition coefficient (Wildman–Crippen LogP) is 6.50. The summed E-state index contributed by atoms with van der Waals surface area (Å²) in [5.74, 6) is -0.428. The second-order valence-electron chi connectivity index (χ2n) is 7.38. The third-order valence-electron chi connectivity index (χ3n) is 5.49. The van der Waals surface area contributed by atoms with Gasteiger partial charge in [0.25, 0.3) is 0 Å². The minimum atomic E-state index is -0.739. The quantitative estimate of drug-likeness (QED) is 0.356. The molecule has 0 amide bonds. The van der Waals surface area contributed by atoms with E-state index in [1.807, 2.05) is 0 Å². The van der Waals surface area contributed by atoms with E-state index in [0.717, 1.165) is 24.3 Å². The van der Waals surface area contributed by atoms with Crippen LogP contribution in [-0.4, -0.2) is 8.80 Å². The fraction of sp³-hybridized carbons (Fsp3) is 0.700. The van der Waals surface area contributed by atoms with Gasteiger partial charge < -0.3 is 0 Å². The number of benzene rings is 1. The Bertz CT molecular complexity index is 453. The highest BCUT2D eigenvalue weighted by Gasteiger charge is 2.21. The Morgan fingerprint density at radius 3 is 2.48 bits per heavy atom. The van der Waals surface area contributed by atoms with Crippen molar-refractivity contribution >= 4 is 8.80 Å². The monoisotopic (exact) mass is 338 g/mol. The normalized spacial score (nSPS) is 21.5. The summed E-state index contributed by atoms with van der Waals surface area (Å²) in [4.78, 5) is 0. The fourth-order valence-electron chi connectivity index (χ4n) is 3.95. The maximum Gasteiger partial charge on any atom is 0.159 e. The molecule has 0 atom stereocenters. The molecule has 0 N–H and O–H groups in total. The molecule has 0 aliphatic carbocycles. The van der Waals surface area contributed by atoms with Crippen molar-refractivity contribution in [2.45, 2.75) is 82.8 Å². The molecule has 0 spiro atoms. The molecule has 0 aromatic heterocycles.